The summed E-state index contributed by atoms with van der Waals surface area (Å²) in [5, 5.41) is 5.38. The van der Waals surface area contributed by atoms with E-state index in [2.05, 4.69) is 59.5 Å². The van der Waals surface area contributed by atoms with Gasteiger partial charge in [-0.2, -0.15) is 0 Å². The lowest BCUT2D eigenvalue weighted by Crippen LogP contribution is -2.25. The Hall–Kier alpha value is -2.01. The van der Waals surface area contributed by atoms with E-state index >= 15 is 0 Å². The molecule has 0 aliphatic heterocycles. The minimum Gasteiger partial charge on any atom is -0.489 e. The summed E-state index contributed by atoms with van der Waals surface area (Å²) in [6, 6.07) is 9.67. The molecule has 2 N–H and O–H groups in total. The van der Waals surface area contributed by atoms with Crippen LogP contribution >= 0.6 is 15.9 Å². The van der Waals surface area contributed by atoms with Gasteiger partial charge in [0.25, 0.3) is 0 Å². The average molecular weight is 391 g/mol. The van der Waals surface area contributed by atoms with E-state index in [0.29, 0.717) is 6.61 Å². The third kappa shape index (κ3) is 4.29. The van der Waals surface area contributed by atoms with Gasteiger partial charge in [0.05, 0.1) is 5.69 Å². The first kappa shape index (κ1) is 18.3. The van der Waals surface area contributed by atoms with E-state index in [9.17, 15) is 4.79 Å². The van der Waals surface area contributed by atoms with E-state index in [4.69, 9.17) is 4.74 Å². The largest absolute Gasteiger partial charge is 0.489 e. The average Bonchev–Trinajstić information content (AvgIpc) is 2.56. The van der Waals surface area contributed by atoms with E-state index < -0.39 is 0 Å². The number of anilines is 1. The first-order valence-electron chi connectivity index (χ1n) is 7.95. The summed E-state index contributed by atoms with van der Waals surface area (Å²) in [6.45, 7) is 6.67. The molecule has 2 aromatic carbocycles. The maximum absolute atomic E-state index is 11.6. The van der Waals surface area contributed by atoms with Crippen molar-refractivity contribution in [2.75, 3.05) is 12.4 Å². The van der Waals surface area contributed by atoms with Gasteiger partial charge < -0.3 is 15.4 Å². The highest BCUT2D eigenvalue weighted by Gasteiger charge is 2.11. The number of amides is 2. The number of rotatable bonds is 5. The molecule has 2 aromatic rings. The molecule has 0 saturated carbocycles. The number of benzene rings is 2. The lowest BCUT2D eigenvalue weighted by Gasteiger charge is -2.16. The van der Waals surface area contributed by atoms with Crippen molar-refractivity contribution >= 4 is 27.6 Å². The third-order valence-corrected chi connectivity index (χ3v) is 4.72. The standard InChI is InChI=1S/C19H23BrN2O2/c1-5-14-9-13(3)18(10-12(14)2)24-11-15-16(20)7-6-8-17(15)22-19(23)21-4/h6-10H,5,11H2,1-4H3,(H2,21,22,23). The van der Waals surface area contributed by atoms with Gasteiger partial charge in [-0.25, -0.2) is 4.79 Å². The van der Waals surface area contributed by atoms with Gasteiger partial charge in [-0.1, -0.05) is 35.0 Å². The Balaban J connectivity index is 2.23. The van der Waals surface area contributed by atoms with Crippen molar-refractivity contribution < 1.29 is 9.53 Å². The van der Waals surface area contributed by atoms with Crippen molar-refractivity contribution in [3.8, 4) is 5.75 Å². The van der Waals surface area contributed by atoms with Crippen LogP contribution in [0.25, 0.3) is 0 Å². The number of aryl methyl sites for hydroxylation is 3. The van der Waals surface area contributed by atoms with Crippen molar-refractivity contribution in [1.29, 1.82) is 0 Å². The Bertz CT molecular complexity index is 744. The van der Waals surface area contributed by atoms with Gasteiger partial charge in [0.1, 0.15) is 12.4 Å². The second-order valence-corrected chi connectivity index (χ2v) is 6.51. The minimum atomic E-state index is -0.256. The highest BCUT2D eigenvalue weighted by molar-refractivity contribution is 9.10. The second kappa shape index (κ2) is 8.20. The number of carbonyl (C=O) groups is 1. The van der Waals surface area contributed by atoms with Crippen LogP contribution in [-0.2, 0) is 13.0 Å². The summed E-state index contributed by atoms with van der Waals surface area (Å²) in [7, 11) is 1.59. The molecule has 5 heteroatoms. The summed E-state index contributed by atoms with van der Waals surface area (Å²) in [5.41, 5.74) is 5.31. The maximum Gasteiger partial charge on any atom is 0.318 e. The molecule has 2 rings (SSSR count). The molecule has 2 amide bonds. The van der Waals surface area contributed by atoms with Crippen LogP contribution in [0.15, 0.2) is 34.8 Å². The predicted octanol–water partition coefficient (Wildman–Crippen LogP) is 4.96. The van der Waals surface area contributed by atoms with Gasteiger partial charge in [-0.05, 0) is 55.2 Å². The Morgan fingerprint density at radius 1 is 1.21 bits per heavy atom. The number of ether oxygens (including phenoxy) is 1. The zero-order valence-corrected chi connectivity index (χ0v) is 16.1. The number of nitrogens with one attached hydrogen (secondary N) is 2. The van der Waals surface area contributed by atoms with Gasteiger partial charge in [0, 0.05) is 17.1 Å². The fourth-order valence-corrected chi connectivity index (χ4v) is 3.02. The van der Waals surface area contributed by atoms with Crippen LogP contribution in [0.4, 0.5) is 10.5 Å². The van der Waals surface area contributed by atoms with E-state index in [1.165, 1.54) is 11.1 Å². The van der Waals surface area contributed by atoms with Crippen molar-refractivity contribution in [3.05, 3.63) is 57.1 Å². The summed E-state index contributed by atoms with van der Waals surface area (Å²) in [5.74, 6) is 0.867. The molecule has 0 saturated heterocycles. The van der Waals surface area contributed by atoms with Crippen LogP contribution in [0.1, 0.15) is 29.2 Å². The van der Waals surface area contributed by atoms with Crippen molar-refractivity contribution in [3.63, 3.8) is 0 Å². The molecule has 4 nitrogen and oxygen atoms in total. The molecule has 0 spiro atoms. The SMILES string of the molecule is CCc1cc(C)c(OCc2c(Br)cccc2NC(=O)NC)cc1C. The molecule has 0 atom stereocenters. The van der Waals surface area contributed by atoms with E-state index in [1.807, 2.05) is 18.2 Å². The third-order valence-electron chi connectivity index (χ3n) is 3.98. The molecule has 0 aromatic heterocycles. The highest BCUT2D eigenvalue weighted by Crippen LogP contribution is 2.29. The van der Waals surface area contributed by atoms with Gasteiger partial charge >= 0.3 is 6.03 Å². The fourth-order valence-electron chi connectivity index (χ4n) is 2.54. The van der Waals surface area contributed by atoms with Crippen molar-refractivity contribution in [2.24, 2.45) is 0 Å². The molecular formula is C19H23BrN2O2. The number of urea groups is 1. The van der Waals surface area contributed by atoms with E-state index in [-0.39, 0.29) is 6.03 Å². The second-order valence-electron chi connectivity index (χ2n) is 5.66. The lowest BCUT2D eigenvalue weighted by molar-refractivity contribution is 0.254. The molecule has 0 radical (unpaired) electrons. The molecule has 0 aliphatic carbocycles. The fraction of sp³-hybridized carbons (Fsp3) is 0.316. The predicted molar refractivity (Wildman–Crippen MR) is 102 cm³/mol. The number of halogens is 1. The molecule has 0 heterocycles. The van der Waals surface area contributed by atoms with Gasteiger partial charge in [-0.15, -0.1) is 0 Å². The number of carbonyl (C=O) groups excluding carboxylic acids is 1. The molecular weight excluding hydrogens is 368 g/mol. The van der Waals surface area contributed by atoms with Crippen molar-refractivity contribution in [1.82, 2.24) is 5.32 Å². The van der Waals surface area contributed by atoms with Crippen LogP contribution < -0.4 is 15.4 Å². The first-order chi connectivity index (χ1) is 11.5. The zero-order valence-electron chi connectivity index (χ0n) is 14.5. The lowest BCUT2D eigenvalue weighted by atomic mass is 10.0. The smallest absolute Gasteiger partial charge is 0.318 e. The molecule has 24 heavy (non-hydrogen) atoms. The Morgan fingerprint density at radius 2 is 1.96 bits per heavy atom. The normalized spacial score (nSPS) is 10.4. The summed E-state index contributed by atoms with van der Waals surface area (Å²) < 4.78 is 6.94. The Morgan fingerprint density at radius 3 is 2.62 bits per heavy atom. The van der Waals surface area contributed by atoms with Crippen LogP contribution in [-0.4, -0.2) is 13.1 Å². The summed E-state index contributed by atoms with van der Waals surface area (Å²) in [4.78, 5) is 11.6. The van der Waals surface area contributed by atoms with Gasteiger partial charge in [0.15, 0.2) is 0 Å². The van der Waals surface area contributed by atoms with Crippen LogP contribution in [0.5, 0.6) is 5.75 Å². The Labute approximate surface area is 151 Å². The number of hydrogen-bond acceptors (Lipinski definition) is 2. The Kier molecular flexibility index (Phi) is 6.26. The summed E-state index contributed by atoms with van der Waals surface area (Å²) >= 11 is 3.54. The van der Waals surface area contributed by atoms with E-state index in [0.717, 1.165) is 33.5 Å². The van der Waals surface area contributed by atoms with Crippen LogP contribution in [0, 0.1) is 13.8 Å². The van der Waals surface area contributed by atoms with Crippen LogP contribution in [0.3, 0.4) is 0 Å². The van der Waals surface area contributed by atoms with E-state index in [1.54, 1.807) is 7.05 Å². The molecule has 128 valence electrons. The van der Waals surface area contributed by atoms with Crippen LogP contribution in [0.2, 0.25) is 0 Å². The number of hydrogen-bond donors (Lipinski definition) is 2. The molecule has 0 bridgehead atoms. The topological polar surface area (TPSA) is 50.4 Å². The molecule has 0 fully saturated rings. The van der Waals surface area contributed by atoms with Crippen molar-refractivity contribution in [2.45, 2.75) is 33.8 Å². The van der Waals surface area contributed by atoms with Gasteiger partial charge in [0.2, 0.25) is 0 Å². The monoisotopic (exact) mass is 390 g/mol. The highest BCUT2D eigenvalue weighted by atomic mass is 79.9. The maximum atomic E-state index is 11.6. The minimum absolute atomic E-state index is 0.256. The first-order valence-corrected chi connectivity index (χ1v) is 8.74. The molecule has 0 aliphatic rings. The summed E-state index contributed by atoms with van der Waals surface area (Å²) in [6.07, 6.45) is 1.01. The zero-order chi connectivity index (χ0) is 17.7. The quantitative estimate of drug-likeness (QED) is 0.757. The van der Waals surface area contributed by atoms with Gasteiger partial charge in [-0.3, -0.25) is 0 Å². The molecule has 0 unspecified atom stereocenters.